The van der Waals surface area contributed by atoms with Crippen LogP contribution in [0.5, 0.6) is 5.75 Å². The van der Waals surface area contributed by atoms with Gasteiger partial charge >= 0.3 is 0 Å². The second kappa shape index (κ2) is 8.70. The maximum Gasteiger partial charge on any atom is 0.258 e. The van der Waals surface area contributed by atoms with Crippen LogP contribution in [-0.4, -0.2) is 28.9 Å². The number of rotatable bonds is 5. The Balaban J connectivity index is 1.44. The number of hydrogen-bond acceptors (Lipinski definition) is 6. The number of hydrogen-bond donors (Lipinski definition) is 4. The van der Waals surface area contributed by atoms with Gasteiger partial charge in [0.15, 0.2) is 0 Å². The maximum absolute atomic E-state index is 13.2. The van der Waals surface area contributed by atoms with Crippen LogP contribution in [-0.2, 0) is 9.59 Å². The van der Waals surface area contributed by atoms with E-state index in [1.54, 1.807) is 37.4 Å². The van der Waals surface area contributed by atoms with E-state index in [0.717, 1.165) is 10.8 Å². The van der Waals surface area contributed by atoms with Crippen molar-refractivity contribution in [2.45, 2.75) is 12.3 Å². The number of anilines is 4. The lowest BCUT2D eigenvalue weighted by Gasteiger charge is -2.24. The molecule has 9 heteroatoms. The lowest BCUT2D eigenvalue weighted by atomic mass is 9.92. The van der Waals surface area contributed by atoms with Gasteiger partial charge in [0.1, 0.15) is 11.6 Å². The fourth-order valence-corrected chi connectivity index (χ4v) is 4.02. The van der Waals surface area contributed by atoms with E-state index < -0.39 is 17.4 Å². The van der Waals surface area contributed by atoms with Crippen LogP contribution in [0.4, 0.5) is 23.1 Å². The van der Waals surface area contributed by atoms with Crippen LogP contribution in [0.3, 0.4) is 0 Å². The first-order chi connectivity index (χ1) is 16.5. The molecule has 0 spiro atoms. The van der Waals surface area contributed by atoms with Gasteiger partial charge in [0.05, 0.1) is 18.6 Å². The third-order valence-corrected chi connectivity index (χ3v) is 5.67. The highest BCUT2D eigenvalue weighted by molar-refractivity contribution is 6.08. The molecule has 0 radical (unpaired) electrons. The molecule has 1 unspecified atom stereocenters. The lowest BCUT2D eigenvalue weighted by molar-refractivity contribution is -0.123. The van der Waals surface area contributed by atoms with Crippen LogP contribution in [0.2, 0.25) is 0 Å². The van der Waals surface area contributed by atoms with E-state index in [4.69, 9.17) is 4.74 Å². The molecule has 5 rings (SSSR count). The minimum Gasteiger partial charge on any atom is -0.497 e. The van der Waals surface area contributed by atoms with Gasteiger partial charge in [-0.05, 0) is 35.7 Å². The molecule has 170 valence electrons. The van der Waals surface area contributed by atoms with Gasteiger partial charge in [-0.3, -0.25) is 19.4 Å². The summed E-state index contributed by atoms with van der Waals surface area (Å²) in [6, 6.07) is 20.3. The summed E-state index contributed by atoms with van der Waals surface area (Å²) in [6.45, 7) is 0. The quantitative estimate of drug-likeness (QED) is 0.363. The second-order valence-electron chi connectivity index (χ2n) is 7.85. The third kappa shape index (κ3) is 4.06. The summed E-state index contributed by atoms with van der Waals surface area (Å²) in [7, 11) is 1.57. The van der Waals surface area contributed by atoms with Crippen molar-refractivity contribution in [3.05, 3.63) is 82.6 Å². The Kier molecular flexibility index (Phi) is 5.43. The average molecular weight is 455 g/mol. The molecule has 3 aromatic carbocycles. The molecule has 4 N–H and O–H groups in total. The van der Waals surface area contributed by atoms with Crippen LogP contribution < -0.4 is 26.2 Å². The minimum atomic E-state index is -0.978. The minimum absolute atomic E-state index is 0.0640. The molecule has 0 aliphatic carbocycles. The van der Waals surface area contributed by atoms with Crippen LogP contribution in [0.25, 0.3) is 10.8 Å². The zero-order chi connectivity index (χ0) is 23.7. The number of ether oxygens (including phenoxy) is 1. The highest BCUT2D eigenvalue weighted by atomic mass is 16.5. The van der Waals surface area contributed by atoms with Crippen molar-refractivity contribution in [1.82, 2.24) is 9.97 Å². The Bertz CT molecular complexity index is 1460. The van der Waals surface area contributed by atoms with E-state index in [-0.39, 0.29) is 29.7 Å². The molecular weight excluding hydrogens is 434 g/mol. The Morgan fingerprint density at radius 2 is 1.79 bits per heavy atom. The fourth-order valence-electron chi connectivity index (χ4n) is 4.02. The molecule has 1 aromatic heterocycles. The zero-order valence-corrected chi connectivity index (χ0v) is 18.2. The Morgan fingerprint density at radius 1 is 1.03 bits per heavy atom. The monoisotopic (exact) mass is 455 g/mol. The van der Waals surface area contributed by atoms with Crippen molar-refractivity contribution in [2.75, 3.05) is 23.1 Å². The number of amides is 2. The highest BCUT2D eigenvalue weighted by Crippen LogP contribution is 2.31. The van der Waals surface area contributed by atoms with E-state index in [1.807, 2.05) is 36.4 Å². The van der Waals surface area contributed by atoms with Gasteiger partial charge < -0.3 is 20.7 Å². The van der Waals surface area contributed by atoms with Gasteiger partial charge in [-0.15, -0.1) is 0 Å². The van der Waals surface area contributed by atoms with Crippen LogP contribution in [0, 0.1) is 0 Å². The number of aromatic nitrogens is 2. The summed E-state index contributed by atoms with van der Waals surface area (Å²) in [5.74, 6) is -0.924. The third-order valence-electron chi connectivity index (χ3n) is 5.67. The van der Waals surface area contributed by atoms with E-state index in [1.165, 1.54) is 0 Å². The van der Waals surface area contributed by atoms with Crippen LogP contribution in [0.15, 0.2) is 71.5 Å². The molecule has 0 fully saturated rings. The molecule has 0 bridgehead atoms. The molecule has 2 amide bonds. The fraction of sp³-hybridized carbons (Fsp3) is 0.120. The molecule has 4 aromatic rings. The van der Waals surface area contributed by atoms with Crippen molar-refractivity contribution < 1.29 is 14.3 Å². The Morgan fingerprint density at radius 3 is 2.59 bits per heavy atom. The number of methoxy groups -OCH3 is 1. The van der Waals surface area contributed by atoms with Gasteiger partial charge in [-0.1, -0.05) is 36.4 Å². The van der Waals surface area contributed by atoms with E-state index >= 15 is 0 Å². The number of nitrogens with zero attached hydrogens (tertiary/aromatic N) is 1. The van der Waals surface area contributed by atoms with E-state index in [0.29, 0.717) is 17.1 Å². The predicted molar refractivity (Wildman–Crippen MR) is 130 cm³/mol. The number of carbonyl (C=O) groups excluding carboxylic acids is 2. The first-order valence-electron chi connectivity index (χ1n) is 10.7. The molecule has 1 atom stereocenters. The molecular formula is C25H21N5O4. The van der Waals surface area contributed by atoms with Crippen LogP contribution in [0.1, 0.15) is 17.9 Å². The summed E-state index contributed by atoms with van der Waals surface area (Å²) < 4.78 is 5.14. The lowest BCUT2D eigenvalue weighted by Crippen LogP contribution is -2.36. The largest absolute Gasteiger partial charge is 0.497 e. The first kappa shape index (κ1) is 21.2. The number of fused-ring (bicyclic) bond motifs is 2. The van der Waals surface area contributed by atoms with Gasteiger partial charge in [0, 0.05) is 23.2 Å². The first-order valence-corrected chi connectivity index (χ1v) is 10.7. The summed E-state index contributed by atoms with van der Waals surface area (Å²) in [5.41, 5.74) is 0.894. The molecule has 2 heterocycles. The van der Waals surface area contributed by atoms with Gasteiger partial charge in [-0.2, -0.15) is 4.98 Å². The van der Waals surface area contributed by atoms with Crippen molar-refractivity contribution in [1.29, 1.82) is 0 Å². The summed E-state index contributed by atoms with van der Waals surface area (Å²) in [5, 5.41) is 10.3. The number of H-pyrrole nitrogens is 1. The highest BCUT2D eigenvalue weighted by Gasteiger charge is 2.35. The summed E-state index contributed by atoms with van der Waals surface area (Å²) in [6.07, 6.45) is -0.153. The van der Waals surface area contributed by atoms with Crippen molar-refractivity contribution in [3.8, 4) is 5.75 Å². The average Bonchev–Trinajstić information content (AvgIpc) is 2.84. The smallest absolute Gasteiger partial charge is 0.258 e. The molecule has 0 saturated carbocycles. The zero-order valence-electron chi connectivity index (χ0n) is 18.2. The number of nitrogens with one attached hydrogen (secondary N) is 4. The number of carbonyl (C=O) groups is 2. The van der Waals surface area contributed by atoms with Gasteiger partial charge in [-0.25, -0.2) is 0 Å². The topological polar surface area (TPSA) is 125 Å². The summed E-state index contributed by atoms with van der Waals surface area (Å²) >= 11 is 0. The predicted octanol–water partition coefficient (Wildman–Crippen LogP) is 3.74. The molecule has 9 nitrogen and oxygen atoms in total. The van der Waals surface area contributed by atoms with Gasteiger partial charge in [0.2, 0.25) is 17.8 Å². The van der Waals surface area contributed by atoms with E-state index in [2.05, 4.69) is 25.9 Å². The molecule has 1 aliphatic heterocycles. The van der Waals surface area contributed by atoms with Crippen LogP contribution >= 0.6 is 0 Å². The number of benzene rings is 3. The van der Waals surface area contributed by atoms with Crippen molar-refractivity contribution in [3.63, 3.8) is 0 Å². The maximum atomic E-state index is 13.2. The van der Waals surface area contributed by atoms with E-state index in [9.17, 15) is 14.4 Å². The van der Waals surface area contributed by atoms with Crippen molar-refractivity contribution >= 4 is 45.7 Å². The Labute approximate surface area is 194 Å². The van der Waals surface area contributed by atoms with Crippen molar-refractivity contribution in [2.24, 2.45) is 0 Å². The molecule has 1 aliphatic rings. The molecule has 34 heavy (non-hydrogen) atoms. The molecule has 0 saturated heterocycles. The Hall–Kier alpha value is -4.66. The summed E-state index contributed by atoms with van der Waals surface area (Å²) in [4.78, 5) is 45.6. The number of aromatic amines is 1. The van der Waals surface area contributed by atoms with Gasteiger partial charge in [0.25, 0.3) is 5.56 Å². The standard InChI is InChI=1S/C25H21N5O4/c1-34-16-11-9-15(10-12-16)26-25-29-22-21(24(33)30-25)18(13-20(31)28-22)23(32)27-19-8-4-6-14-5-2-3-7-17(14)19/h2-12,18H,13H2,1H3,(H,27,32)(H3,26,28,29,30,31,33). The second-order valence-corrected chi connectivity index (χ2v) is 7.85. The SMILES string of the molecule is COc1ccc(Nc2nc3c(c(=O)[nH]2)C(C(=O)Nc2cccc4ccccc24)CC(=O)N3)cc1. The normalized spacial score (nSPS) is 14.7.